The molecule has 0 radical (unpaired) electrons. The second-order valence-electron chi connectivity index (χ2n) is 2.66. The van der Waals surface area contributed by atoms with Crippen molar-refractivity contribution in [2.24, 2.45) is 0 Å². The maximum Gasteiger partial charge on any atom is 0.306 e. The number of aliphatic hydroxyl groups excluding tert-OH is 1. The van der Waals surface area contributed by atoms with Crippen LogP contribution in [0.25, 0.3) is 0 Å². The lowest BCUT2D eigenvalue weighted by atomic mass is 10.1. The summed E-state index contributed by atoms with van der Waals surface area (Å²) in [4.78, 5) is 10.6. The van der Waals surface area contributed by atoms with Crippen LogP contribution in [-0.4, -0.2) is 23.3 Å². The summed E-state index contributed by atoms with van der Waals surface area (Å²) >= 11 is 0. The van der Waals surface area contributed by atoms with Crippen molar-refractivity contribution in [3.63, 3.8) is 0 Å². The van der Waals surface area contributed by atoms with Gasteiger partial charge >= 0.3 is 5.97 Å². The molecule has 1 aliphatic rings. The number of ether oxygens (including phenoxy) is 1. The van der Waals surface area contributed by atoms with Gasteiger partial charge in [0.2, 0.25) is 0 Å². The van der Waals surface area contributed by atoms with E-state index in [1.54, 1.807) is 6.92 Å². The molecule has 58 valence electrons. The van der Waals surface area contributed by atoms with Crippen molar-refractivity contribution in [3.8, 4) is 0 Å². The van der Waals surface area contributed by atoms with Gasteiger partial charge in [0.15, 0.2) is 0 Å². The predicted molar refractivity (Wildman–Crippen MR) is 35.4 cm³/mol. The van der Waals surface area contributed by atoms with Crippen LogP contribution in [0.2, 0.25) is 0 Å². The number of hydrogen-bond donors (Lipinski definition) is 1. The Bertz CT molecular complexity index is 131. The molecule has 2 atom stereocenters. The van der Waals surface area contributed by atoms with E-state index in [4.69, 9.17) is 9.84 Å². The minimum Gasteiger partial charge on any atom is -0.460 e. The van der Waals surface area contributed by atoms with E-state index in [0.717, 1.165) is 12.8 Å². The van der Waals surface area contributed by atoms with Gasteiger partial charge in [-0.1, -0.05) is 0 Å². The number of cyclic esters (lactones) is 1. The molecular formula is C7H12O3. The SMILES string of the molecule is CC(O)C1CCCC(=O)O1. The summed E-state index contributed by atoms with van der Waals surface area (Å²) in [6, 6.07) is 0. The summed E-state index contributed by atoms with van der Waals surface area (Å²) in [7, 11) is 0. The van der Waals surface area contributed by atoms with E-state index in [2.05, 4.69) is 0 Å². The van der Waals surface area contributed by atoms with E-state index in [1.165, 1.54) is 0 Å². The Morgan fingerprint density at radius 3 is 2.90 bits per heavy atom. The lowest BCUT2D eigenvalue weighted by Gasteiger charge is -2.24. The van der Waals surface area contributed by atoms with Gasteiger partial charge in [0.05, 0.1) is 6.10 Å². The molecule has 1 fully saturated rings. The van der Waals surface area contributed by atoms with Crippen LogP contribution < -0.4 is 0 Å². The molecule has 0 amide bonds. The molecule has 3 heteroatoms. The fourth-order valence-electron chi connectivity index (χ4n) is 1.07. The van der Waals surface area contributed by atoms with E-state index in [9.17, 15) is 4.79 Å². The molecule has 0 aliphatic carbocycles. The quantitative estimate of drug-likeness (QED) is 0.544. The van der Waals surface area contributed by atoms with Crippen LogP contribution in [0.3, 0.4) is 0 Å². The molecule has 0 spiro atoms. The molecule has 10 heavy (non-hydrogen) atoms. The van der Waals surface area contributed by atoms with E-state index in [-0.39, 0.29) is 12.1 Å². The molecule has 1 rings (SSSR count). The number of esters is 1. The summed E-state index contributed by atoms with van der Waals surface area (Å²) in [6.07, 6.45) is 1.35. The molecule has 0 bridgehead atoms. The van der Waals surface area contributed by atoms with Crippen molar-refractivity contribution in [1.82, 2.24) is 0 Å². The van der Waals surface area contributed by atoms with Crippen molar-refractivity contribution >= 4 is 5.97 Å². The maximum atomic E-state index is 10.6. The number of rotatable bonds is 1. The number of aliphatic hydroxyl groups is 1. The lowest BCUT2D eigenvalue weighted by molar-refractivity contribution is -0.160. The molecule has 1 N–H and O–H groups in total. The fraction of sp³-hybridized carbons (Fsp3) is 0.857. The molecule has 0 aromatic rings. The van der Waals surface area contributed by atoms with E-state index in [0.29, 0.717) is 6.42 Å². The second-order valence-corrected chi connectivity index (χ2v) is 2.66. The molecule has 3 nitrogen and oxygen atoms in total. The zero-order valence-electron chi connectivity index (χ0n) is 6.04. The van der Waals surface area contributed by atoms with Gasteiger partial charge in [-0.25, -0.2) is 0 Å². The first kappa shape index (κ1) is 7.54. The summed E-state index contributed by atoms with van der Waals surface area (Å²) in [5, 5.41) is 9.02. The smallest absolute Gasteiger partial charge is 0.306 e. The third-order valence-electron chi connectivity index (χ3n) is 1.69. The summed E-state index contributed by atoms with van der Waals surface area (Å²) in [5.41, 5.74) is 0. The van der Waals surface area contributed by atoms with Crippen molar-refractivity contribution < 1.29 is 14.6 Å². The highest BCUT2D eigenvalue weighted by Gasteiger charge is 2.23. The summed E-state index contributed by atoms with van der Waals surface area (Å²) in [5.74, 6) is -0.183. The van der Waals surface area contributed by atoms with Crippen LogP contribution >= 0.6 is 0 Å². The van der Waals surface area contributed by atoms with Gasteiger partial charge in [-0.2, -0.15) is 0 Å². The fourth-order valence-corrected chi connectivity index (χ4v) is 1.07. The monoisotopic (exact) mass is 144 g/mol. The molecule has 1 heterocycles. The van der Waals surface area contributed by atoms with Crippen molar-refractivity contribution in [1.29, 1.82) is 0 Å². The molecule has 0 saturated carbocycles. The van der Waals surface area contributed by atoms with E-state index >= 15 is 0 Å². The molecule has 1 saturated heterocycles. The Balaban J connectivity index is 2.39. The van der Waals surface area contributed by atoms with Crippen LogP contribution in [0.1, 0.15) is 26.2 Å². The van der Waals surface area contributed by atoms with Crippen LogP contribution in [-0.2, 0) is 9.53 Å². The van der Waals surface area contributed by atoms with Crippen LogP contribution in [0.5, 0.6) is 0 Å². The topological polar surface area (TPSA) is 46.5 Å². The van der Waals surface area contributed by atoms with Gasteiger partial charge in [-0.3, -0.25) is 4.79 Å². The van der Waals surface area contributed by atoms with E-state index in [1.807, 2.05) is 0 Å². The normalized spacial score (nSPS) is 29.4. The molecular weight excluding hydrogens is 132 g/mol. The minimum absolute atomic E-state index is 0.183. The first-order valence-electron chi connectivity index (χ1n) is 3.57. The van der Waals surface area contributed by atoms with Crippen molar-refractivity contribution in [3.05, 3.63) is 0 Å². The zero-order chi connectivity index (χ0) is 7.56. The first-order valence-corrected chi connectivity index (χ1v) is 3.57. The predicted octanol–water partition coefficient (Wildman–Crippen LogP) is 0.463. The third-order valence-corrected chi connectivity index (χ3v) is 1.69. The number of carbonyl (C=O) groups is 1. The Morgan fingerprint density at radius 2 is 2.50 bits per heavy atom. The Kier molecular flexibility index (Phi) is 2.27. The lowest BCUT2D eigenvalue weighted by Crippen LogP contribution is -2.32. The highest BCUT2D eigenvalue weighted by atomic mass is 16.6. The molecule has 0 aromatic carbocycles. The van der Waals surface area contributed by atoms with Gasteiger partial charge in [-0.05, 0) is 19.8 Å². The number of hydrogen-bond acceptors (Lipinski definition) is 3. The van der Waals surface area contributed by atoms with Gasteiger partial charge in [0, 0.05) is 6.42 Å². The van der Waals surface area contributed by atoms with Crippen molar-refractivity contribution in [2.45, 2.75) is 38.4 Å². The van der Waals surface area contributed by atoms with Gasteiger partial charge in [0.1, 0.15) is 6.10 Å². The maximum absolute atomic E-state index is 10.6. The largest absolute Gasteiger partial charge is 0.460 e. The Morgan fingerprint density at radius 1 is 1.80 bits per heavy atom. The Hall–Kier alpha value is -0.570. The van der Waals surface area contributed by atoms with Crippen LogP contribution in [0.4, 0.5) is 0 Å². The first-order chi connectivity index (χ1) is 4.70. The molecule has 2 unspecified atom stereocenters. The number of carbonyl (C=O) groups excluding carboxylic acids is 1. The van der Waals surface area contributed by atoms with Gasteiger partial charge in [0.25, 0.3) is 0 Å². The second kappa shape index (κ2) is 3.01. The van der Waals surface area contributed by atoms with Gasteiger partial charge in [-0.15, -0.1) is 0 Å². The standard InChI is InChI=1S/C7H12O3/c1-5(8)6-3-2-4-7(9)10-6/h5-6,8H,2-4H2,1H3. The highest BCUT2D eigenvalue weighted by molar-refractivity contribution is 5.70. The van der Waals surface area contributed by atoms with Crippen molar-refractivity contribution in [2.75, 3.05) is 0 Å². The van der Waals surface area contributed by atoms with Crippen LogP contribution in [0, 0.1) is 0 Å². The zero-order valence-corrected chi connectivity index (χ0v) is 6.04. The third kappa shape index (κ3) is 1.70. The summed E-state index contributed by atoms with van der Waals surface area (Å²) < 4.78 is 4.86. The van der Waals surface area contributed by atoms with Gasteiger partial charge < -0.3 is 9.84 Å². The average molecular weight is 144 g/mol. The Labute approximate surface area is 60.0 Å². The van der Waals surface area contributed by atoms with E-state index < -0.39 is 6.10 Å². The molecule has 0 aromatic heterocycles. The molecule has 1 aliphatic heterocycles. The minimum atomic E-state index is -0.524. The highest BCUT2D eigenvalue weighted by Crippen LogP contribution is 2.16. The van der Waals surface area contributed by atoms with Crippen LogP contribution in [0.15, 0.2) is 0 Å². The summed E-state index contributed by atoms with van der Waals surface area (Å²) in [6.45, 7) is 1.64. The average Bonchev–Trinajstić information content (AvgIpc) is 1.88.